The number of carbonyl (C=O) groups is 1. The van der Waals surface area contributed by atoms with Crippen molar-refractivity contribution in [2.45, 2.75) is 19.9 Å². The summed E-state index contributed by atoms with van der Waals surface area (Å²) in [5, 5.41) is 2.87. The number of likely N-dealkylation sites (N-methyl/N-ethyl adjacent to an activating group) is 1. The number of nitrogens with zero attached hydrogens (tertiary/aromatic N) is 6. The Hall–Kier alpha value is -4.05. The van der Waals surface area contributed by atoms with Crippen molar-refractivity contribution >= 4 is 17.4 Å². The number of pyridine rings is 1. The number of hydrogen-bond acceptors (Lipinski definition) is 6. The van der Waals surface area contributed by atoms with Crippen LogP contribution in [0.5, 0.6) is 0 Å². The summed E-state index contributed by atoms with van der Waals surface area (Å²) in [5.41, 5.74) is 3.00. The maximum atomic E-state index is 13.5. The minimum absolute atomic E-state index is 0.106. The van der Waals surface area contributed by atoms with Gasteiger partial charge in [-0.1, -0.05) is 0 Å². The molecule has 0 atom stereocenters. The number of H-pyrrole nitrogens is 1. The van der Waals surface area contributed by atoms with Crippen LogP contribution in [0, 0.1) is 5.82 Å². The molecular formula is C26H29FN8O. The molecule has 3 aromatic heterocycles. The molecule has 186 valence electrons. The van der Waals surface area contributed by atoms with E-state index in [9.17, 15) is 9.18 Å². The lowest BCUT2D eigenvalue weighted by Gasteiger charge is -2.33. The summed E-state index contributed by atoms with van der Waals surface area (Å²) in [7, 11) is 2.12. The number of aromatic amines is 1. The summed E-state index contributed by atoms with van der Waals surface area (Å²) in [6.45, 7) is 7.93. The molecule has 9 nitrogen and oxygen atoms in total. The normalized spacial score (nSPS) is 14.4. The Balaban J connectivity index is 1.34. The highest BCUT2D eigenvalue weighted by Gasteiger charge is 2.21. The molecule has 0 unspecified atom stereocenters. The highest BCUT2D eigenvalue weighted by atomic mass is 19.1. The number of anilines is 2. The Morgan fingerprint density at radius 2 is 1.81 bits per heavy atom. The number of aromatic nitrogens is 5. The number of piperazine rings is 1. The van der Waals surface area contributed by atoms with Crippen LogP contribution >= 0.6 is 0 Å². The number of rotatable bonds is 6. The molecule has 1 amide bonds. The second-order valence-electron chi connectivity index (χ2n) is 9.23. The van der Waals surface area contributed by atoms with Gasteiger partial charge in [0.05, 0.1) is 23.9 Å². The van der Waals surface area contributed by atoms with Crippen LogP contribution in [0.25, 0.3) is 22.8 Å². The first kappa shape index (κ1) is 23.7. The minimum Gasteiger partial charge on any atom is -0.354 e. The fourth-order valence-electron chi connectivity index (χ4n) is 4.24. The van der Waals surface area contributed by atoms with Crippen LogP contribution in [0.15, 0.2) is 55.1 Å². The van der Waals surface area contributed by atoms with E-state index in [4.69, 9.17) is 0 Å². The van der Waals surface area contributed by atoms with Crippen LogP contribution in [0.2, 0.25) is 0 Å². The first-order valence-corrected chi connectivity index (χ1v) is 12.0. The molecule has 0 radical (unpaired) electrons. The van der Waals surface area contributed by atoms with E-state index in [2.05, 4.69) is 42.1 Å². The number of imidazole rings is 2. The topological polar surface area (TPSA) is 95.0 Å². The maximum absolute atomic E-state index is 13.5. The Morgan fingerprint density at radius 1 is 1.06 bits per heavy atom. The van der Waals surface area contributed by atoms with E-state index in [1.165, 1.54) is 12.1 Å². The summed E-state index contributed by atoms with van der Waals surface area (Å²) < 4.78 is 15.4. The number of carbonyl (C=O) groups excluding carboxylic acids is 1. The average Bonchev–Trinajstić information content (AvgIpc) is 3.53. The molecule has 4 heterocycles. The third-order valence-electron chi connectivity index (χ3n) is 6.34. The third-order valence-corrected chi connectivity index (χ3v) is 6.34. The molecule has 4 aromatic rings. The highest BCUT2D eigenvalue weighted by Crippen LogP contribution is 2.32. The molecule has 0 spiro atoms. The SMILES string of the molecule is CC(C)n1cnc(-c2ccc(F)cc2)c1-c1nc(C(=O)Nc2ccc(N3CCN(C)CC3)nc2)c[nH]1. The van der Waals surface area contributed by atoms with E-state index in [1.807, 2.05) is 30.5 Å². The monoisotopic (exact) mass is 488 g/mol. The summed E-state index contributed by atoms with van der Waals surface area (Å²) in [4.78, 5) is 34.2. The molecule has 5 rings (SSSR count). The molecule has 0 bridgehead atoms. The molecule has 1 aliphatic rings. The van der Waals surface area contributed by atoms with Crippen molar-refractivity contribution < 1.29 is 9.18 Å². The lowest BCUT2D eigenvalue weighted by Crippen LogP contribution is -2.44. The molecular weight excluding hydrogens is 459 g/mol. The van der Waals surface area contributed by atoms with Crippen molar-refractivity contribution in [2.24, 2.45) is 0 Å². The second-order valence-corrected chi connectivity index (χ2v) is 9.23. The summed E-state index contributed by atoms with van der Waals surface area (Å²) in [6.07, 6.45) is 4.97. The Morgan fingerprint density at radius 3 is 2.47 bits per heavy atom. The molecule has 0 aliphatic carbocycles. The highest BCUT2D eigenvalue weighted by molar-refractivity contribution is 6.03. The predicted octanol–water partition coefficient (Wildman–Crippen LogP) is 4.06. The maximum Gasteiger partial charge on any atom is 0.275 e. The van der Waals surface area contributed by atoms with Crippen LogP contribution in [0.4, 0.5) is 15.9 Å². The summed E-state index contributed by atoms with van der Waals surface area (Å²) in [5.74, 6) is 0.754. The Bertz CT molecular complexity index is 1340. The number of amides is 1. The van der Waals surface area contributed by atoms with Gasteiger partial charge >= 0.3 is 0 Å². The van der Waals surface area contributed by atoms with Gasteiger partial charge in [-0.3, -0.25) is 4.79 Å². The van der Waals surface area contributed by atoms with Gasteiger partial charge in [-0.25, -0.2) is 19.3 Å². The zero-order valence-electron chi connectivity index (χ0n) is 20.6. The van der Waals surface area contributed by atoms with Crippen LogP contribution in [-0.4, -0.2) is 68.5 Å². The van der Waals surface area contributed by atoms with Gasteiger partial charge in [0.15, 0.2) is 5.82 Å². The predicted molar refractivity (Wildman–Crippen MR) is 137 cm³/mol. The quantitative estimate of drug-likeness (QED) is 0.425. The summed E-state index contributed by atoms with van der Waals surface area (Å²) >= 11 is 0. The molecule has 1 aromatic carbocycles. The van der Waals surface area contributed by atoms with E-state index in [1.54, 1.807) is 30.9 Å². The third kappa shape index (κ3) is 4.85. The van der Waals surface area contributed by atoms with Gasteiger partial charge in [-0.15, -0.1) is 0 Å². The van der Waals surface area contributed by atoms with E-state index >= 15 is 0 Å². The van der Waals surface area contributed by atoms with Crippen LogP contribution in [0.1, 0.15) is 30.4 Å². The lowest BCUT2D eigenvalue weighted by atomic mass is 10.1. The standard InChI is InChI=1S/C26H29FN8O/c1-17(2)35-16-30-23(18-4-6-19(27)7-5-18)24(35)25-29-15-21(32-25)26(36)31-20-8-9-22(28-14-20)34-12-10-33(3)11-13-34/h4-9,14-17H,10-13H2,1-3H3,(H,29,32)(H,31,36). The molecule has 10 heteroatoms. The number of benzene rings is 1. The number of hydrogen-bond donors (Lipinski definition) is 2. The fraction of sp³-hybridized carbons (Fsp3) is 0.308. The molecule has 2 N–H and O–H groups in total. The van der Waals surface area contributed by atoms with Crippen LogP contribution in [-0.2, 0) is 0 Å². The van der Waals surface area contributed by atoms with Crippen molar-refractivity contribution in [3.63, 3.8) is 0 Å². The fourth-order valence-corrected chi connectivity index (χ4v) is 4.24. The first-order valence-electron chi connectivity index (χ1n) is 12.0. The zero-order valence-corrected chi connectivity index (χ0v) is 20.6. The molecule has 1 aliphatic heterocycles. The number of halogens is 1. The largest absolute Gasteiger partial charge is 0.354 e. The zero-order chi connectivity index (χ0) is 25.2. The van der Waals surface area contributed by atoms with Crippen LogP contribution in [0.3, 0.4) is 0 Å². The lowest BCUT2D eigenvalue weighted by molar-refractivity contribution is 0.102. The van der Waals surface area contributed by atoms with Gasteiger partial charge in [-0.05, 0) is 57.3 Å². The van der Waals surface area contributed by atoms with Gasteiger partial charge in [0.25, 0.3) is 5.91 Å². The van der Waals surface area contributed by atoms with Crippen LogP contribution < -0.4 is 10.2 Å². The van der Waals surface area contributed by atoms with Crippen molar-refractivity contribution in [2.75, 3.05) is 43.4 Å². The van der Waals surface area contributed by atoms with Gasteiger partial charge in [0.1, 0.15) is 23.0 Å². The Labute approximate surface area is 209 Å². The van der Waals surface area contributed by atoms with Gasteiger partial charge in [0, 0.05) is 44.0 Å². The number of nitrogens with one attached hydrogen (secondary N) is 2. The first-order chi connectivity index (χ1) is 17.4. The van der Waals surface area contributed by atoms with Crippen molar-refractivity contribution in [3.05, 3.63) is 66.6 Å². The minimum atomic E-state index is -0.342. The average molecular weight is 489 g/mol. The van der Waals surface area contributed by atoms with E-state index in [-0.39, 0.29) is 23.5 Å². The molecule has 1 saturated heterocycles. The van der Waals surface area contributed by atoms with Crippen molar-refractivity contribution in [1.29, 1.82) is 0 Å². The second kappa shape index (κ2) is 9.90. The van der Waals surface area contributed by atoms with E-state index in [0.717, 1.165) is 43.3 Å². The van der Waals surface area contributed by atoms with E-state index < -0.39 is 0 Å². The van der Waals surface area contributed by atoms with Gasteiger partial charge in [0.2, 0.25) is 0 Å². The summed E-state index contributed by atoms with van der Waals surface area (Å²) in [6, 6.07) is 10.0. The Kier molecular flexibility index (Phi) is 6.51. The van der Waals surface area contributed by atoms with Gasteiger partial charge in [-0.2, -0.15) is 0 Å². The molecule has 1 fully saturated rings. The molecule has 0 saturated carbocycles. The van der Waals surface area contributed by atoms with Crippen molar-refractivity contribution in [3.8, 4) is 22.8 Å². The van der Waals surface area contributed by atoms with E-state index in [0.29, 0.717) is 17.2 Å². The smallest absolute Gasteiger partial charge is 0.275 e. The molecule has 36 heavy (non-hydrogen) atoms. The van der Waals surface area contributed by atoms with Crippen molar-refractivity contribution in [1.82, 2.24) is 29.4 Å². The van der Waals surface area contributed by atoms with Gasteiger partial charge < -0.3 is 24.7 Å².